The quantitative estimate of drug-likeness (QED) is 0.828. The average Bonchev–Trinajstić information content (AvgIpc) is 2.25. The summed E-state index contributed by atoms with van der Waals surface area (Å²) >= 11 is 0. The molecule has 1 aromatic rings. The first kappa shape index (κ1) is 11.9. The van der Waals surface area contributed by atoms with Crippen LogP contribution in [0.3, 0.4) is 0 Å². The van der Waals surface area contributed by atoms with Crippen molar-refractivity contribution in [1.82, 2.24) is 0 Å². The second kappa shape index (κ2) is 4.37. The summed E-state index contributed by atoms with van der Waals surface area (Å²) in [6.45, 7) is 2.03. The standard InChI is InChI=1S/C13H18N2O2/c1-9-3-5-10(6-4-9)15-13(12(14)16)7-11(8-13)17-2/h3-6,11,15H,7-8H2,1-2H3,(H2,14,16). The van der Waals surface area contributed by atoms with Crippen molar-refractivity contribution in [3.05, 3.63) is 29.8 Å². The highest BCUT2D eigenvalue weighted by atomic mass is 16.5. The maximum Gasteiger partial charge on any atom is 0.243 e. The van der Waals surface area contributed by atoms with Crippen LogP contribution >= 0.6 is 0 Å². The van der Waals surface area contributed by atoms with Gasteiger partial charge >= 0.3 is 0 Å². The number of anilines is 1. The summed E-state index contributed by atoms with van der Waals surface area (Å²) in [7, 11) is 1.65. The van der Waals surface area contributed by atoms with E-state index in [0.717, 1.165) is 5.69 Å². The van der Waals surface area contributed by atoms with Crippen molar-refractivity contribution in [2.24, 2.45) is 5.73 Å². The van der Waals surface area contributed by atoms with Crippen LogP contribution < -0.4 is 11.1 Å². The topological polar surface area (TPSA) is 64.3 Å². The third-order valence-corrected chi connectivity index (χ3v) is 3.39. The Morgan fingerprint density at radius 2 is 2.00 bits per heavy atom. The van der Waals surface area contributed by atoms with Gasteiger partial charge in [0.15, 0.2) is 0 Å². The summed E-state index contributed by atoms with van der Waals surface area (Å²) in [6.07, 6.45) is 1.39. The Morgan fingerprint density at radius 1 is 1.41 bits per heavy atom. The summed E-state index contributed by atoms with van der Waals surface area (Å²) in [5, 5.41) is 3.23. The Balaban J connectivity index is 2.10. The van der Waals surface area contributed by atoms with E-state index in [0.29, 0.717) is 12.8 Å². The highest BCUT2D eigenvalue weighted by molar-refractivity contribution is 5.89. The Kier molecular flexibility index (Phi) is 3.07. The zero-order chi connectivity index (χ0) is 12.5. The lowest BCUT2D eigenvalue weighted by Crippen LogP contribution is -2.61. The lowest BCUT2D eigenvalue weighted by Gasteiger charge is -2.45. The molecule has 1 aromatic carbocycles. The van der Waals surface area contributed by atoms with Crippen LogP contribution in [0.2, 0.25) is 0 Å². The van der Waals surface area contributed by atoms with Gasteiger partial charge in [-0.2, -0.15) is 0 Å². The molecule has 0 unspecified atom stereocenters. The molecule has 0 aromatic heterocycles. The minimum Gasteiger partial charge on any atom is -0.381 e. The van der Waals surface area contributed by atoms with E-state index in [1.54, 1.807) is 7.11 Å². The predicted octanol–water partition coefficient (Wildman–Crippen LogP) is 1.44. The van der Waals surface area contributed by atoms with Gasteiger partial charge in [-0.15, -0.1) is 0 Å². The molecule has 0 spiro atoms. The van der Waals surface area contributed by atoms with Crippen molar-refractivity contribution in [2.45, 2.75) is 31.4 Å². The maximum absolute atomic E-state index is 11.5. The Morgan fingerprint density at radius 3 is 2.47 bits per heavy atom. The second-order valence-corrected chi connectivity index (χ2v) is 4.70. The fourth-order valence-electron chi connectivity index (χ4n) is 2.16. The van der Waals surface area contributed by atoms with E-state index in [1.165, 1.54) is 5.56 Å². The van der Waals surface area contributed by atoms with Gasteiger partial charge < -0.3 is 15.8 Å². The molecule has 0 radical (unpaired) electrons. The molecule has 4 nitrogen and oxygen atoms in total. The smallest absolute Gasteiger partial charge is 0.243 e. The number of aryl methyl sites for hydroxylation is 1. The van der Waals surface area contributed by atoms with Gasteiger partial charge in [0, 0.05) is 25.6 Å². The highest BCUT2D eigenvalue weighted by Crippen LogP contribution is 2.37. The molecule has 1 amide bonds. The SMILES string of the molecule is COC1CC(Nc2ccc(C)cc2)(C(N)=O)C1. The molecule has 92 valence electrons. The van der Waals surface area contributed by atoms with Crippen LogP contribution in [0.15, 0.2) is 24.3 Å². The first-order chi connectivity index (χ1) is 8.05. The molecule has 0 aliphatic heterocycles. The van der Waals surface area contributed by atoms with Crippen LogP contribution in [0, 0.1) is 6.92 Å². The van der Waals surface area contributed by atoms with Gasteiger partial charge in [0.2, 0.25) is 5.91 Å². The number of carbonyl (C=O) groups is 1. The number of hydrogen-bond acceptors (Lipinski definition) is 3. The number of hydrogen-bond donors (Lipinski definition) is 2. The number of methoxy groups -OCH3 is 1. The van der Waals surface area contributed by atoms with Crippen LogP contribution in [0.5, 0.6) is 0 Å². The van der Waals surface area contributed by atoms with Crippen LogP contribution in [-0.4, -0.2) is 24.7 Å². The summed E-state index contributed by atoms with van der Waals surface area (Å²) in [5.41, 5.74) is 6.93. The van der Waals surface area contributed by atoms with E-state index in [9.17, 15) is 4.79 Å². The molecular formula is C13H18N2O2. The fourth-order valence-corrected chi connectivity index (χ4v) is 2.16. The van der Waals surface area contributed by atoms with Gasteiger partial charge in [-0.1, -0.05) is 17.7 Å². The van der Waals surface area contributed by atoms with Crippen molar-refractivity contribution in [1.29, 1.82) is 0 Å². The summed E-state index contributed by atoms with van der Waals surface area (Å²) in [5.74, 6) is -0.314. The van der Waals surface area contributed by atoms with Gasteiger partial charge in [0.1, 0.15) is 5.54 Å². The zero-order valence-corrected chi connectivity index (χ0v) is 10.2. The lowest BCUT2D eigenvalue weighted by molar-refractivity contribution is -0.130. The number of benzene rings is 1. The van der Waals surface area contributed by atoms with Crippen LogP contribution in [0.4, 0.5) is 5.69 Å². The van der Waals surface area contributed by atoms with Crippen LogP contribution in [0.1, 0.15) is 18.4 Å². The van der Waals surface area contributed by atoms with Gasteiger partial charge in [0.25, 0.3) is 0 Å². The van der Waals surface area contributed by atoms with Crippen molar-refractivity contribution < 1.29 is 9.53 Å². The number of carbonyl (C=O) groups excluding carboxylic acids is 1. The molecular weight excluding hydrogens is 216 g/mol. The number of primary amides is 1. The van der Waals surface area contributed by atoms with E-state index < -0.39 is 5.54 Å². The van der Waals surface area contributed by atoms with E-state index in [4.69, 9.17) is 10.5 Å². The van der Waals surface area contributed by atoms with Crippen molar-refractivity contribution in [2.75, 3.05) is 12.4 Å². The Labute approximate surface area is 101 Å². The molecule has 4 heteroatoms. The number of nitrogens with two attached hydrogens (primary N) is 1. The molecule has 1 saturated carbocycles. The number of amides is 1. The van der Waals surface area contributed by atoms with Gasteiger partial charge in [0.05, 0.1) is 6.10 Å². The third kappa shape index (κ3) is 2.26. The largest absolute Gasteiger partial charge is 0.381 e. The van der Waals surface area contributed by atoms with Gasteiger partial charge in [-0.05, 0) is 19.1 Å². The normalized spacial score (nSPS) is 27.3. The minimum absolute atomic E-state index is 0.125. The molecule has 1 aliphatic carbocycles. The average molecular weight is 234 g/mol. The molecule has 0 bridgehead atoms. The van der Waals surface area contributed by atoms with Crippen LogP contribution in [0.25, 0.3) is 0 Å². The third-order valence-electron chi connectivity index (χ3n) is 3.39. The Hall–Kier alpha value is -1.55. The van der Waals surface area contributed by atoms with E-state index in [-0.39, 0.29) is 12.0 Å². The highest BCUT2D eigenvalue weighted by Gasteiger charge is 2.49. The number of rotatable bonds is 4. The molecule has 0 heterocycles. The predicted molar refractivity (Wildman–Crippen MR) is 66.8 cm³/mol. The molecule has 1 aliphatic rings. The first-order valence-corrected chi connectivity index (χ1v) is 5.73. The first-order valence-electron chi connectivity index (χ1n) is 5.73. The molecule has 3 N–H and O–H groups in total. The van der Waals surface area contributed by atoms with Crippen molar-refractivity contribution in [3.8, 4) is 0 Å². The van der Waals surface area contributed by atoms with Crippen LogP contribution in [-0.2, 0) is 9.53 Å². The summed E-state index contributed by atoms with van der Waals surface area (Å²) in [6, 6.07) is 7.92. The van der Waals surface area contributed by atoms with E-state index >= 15 is 0 Å². The minimum atomic E-state index is -0.643. The Bertz CT molecular complexity index is 408. The fraction of sp³-hybridized carbons (Fsp3) is 0.462. The zero-order valence-electron chi connectivity index (χ0n) is 10.2. The number of ether oxygens (including phenoxy) is 1. The maximum atomic E-state index is 11.5. The van der Waals surface area contributed by atoms with Gasteiger partial charge in [-0.3, -0.25) is 4.79 Å². The van der Waals surface area contributed by atoms with Gasteiger partial charge in [-0.25, -0.2) is 0 Å². The lowest BCUT2D eigenvalue weighted by atomic mass is 9.73. The van der Waals surface area contributed by atoms with Crippen molar-refractivity contribution in [3.63, 3.8) is 0 Å². The molecule has 0 atom stereocenters. The molecule has 0 saturated heterocycles. The molecule has 1 fully saturated rings. The van der Waals surface area contributed by atoms with E-state index in [1.807, 2.05) is 31.2 Å². The molecule has 17 heavy (non-hydrogen) atoms. The monoisotopic (exact) mass is 234 g/mol. The number of nitrogens with one attached hydrogen (secondary N) is 1. The van der Waals surface area contributed by atoms with Crippen molar-refractivity contribution >= 4 is 11.6 Å². The summed E-state index contributed by atoms with van der Waals surface area (Å²) < 4.78 is 5.20. The summed E-state index contributed by atoms with van der Waals surface area (Å²) in [4.78, 5) is 11.5. The second-order valence-electron chi connectivity index (χ2n) is 4.70. The van der Waals surface area contributed by atoms with E-state index in [2.05, 4.69) is 5.32 Å². The molecule has 2 rings (SSSR count).